The van der Waals surface area contributed by atoms with Gasteiger partial charge in [-0.15, -0.1) is 0 Å². The van der Waals surface area contributed by atoms with E-state index in [0.29, 0.717) is 10.0 Å². The molecule has 0 amide bonds. The Balaban J connectivity index is 2.87. The zero-order chi connectivity index (χ0) is 11.5. The summed E-state index contributed by atoms with van der Waals surface area (Å²) in [7, 11) is -3.59. The number of carboxylic acids is 1. The van der Waals surface area contributed by atoms with Crippen LogP contribution in [0.5, 0.6) is 0 Å². The van der Waals surface area contributed by atoms with Crippen LogP contribution < -0.4 is 0 Å². The molecule has 6 heteroatoms. The second-order valence-electron chi connectivity index (χ2n) is 3.02. The van der Waals surface area contributed by atoms with Gasteiger partial charge in [-0.2, -0.15) is 0 Å². The Morgan fingerprint density at radius 2 is 1.93 bits per heavy atom. The predicted octanol–water partition coefficient (Wildman–Crippen LogP) is 1.45. The highest BCUT2D eigenvalue weighted by Gasteiger charge is 2.17. The molecular formula is C9H9BrO4S. The van der Waals surface area contributed by atoms with Gasteiger partial charge in [0.2, 0.25) is 0 Å². The van der Waals surface area contributed by atoms with Crippen LogP contribution in [0.1, 0.15) is 5.56 Å². The molecule has 0 heterocycles. The molecule has 0 atom stereocenters. The standard InChI is InChI=1S/C9H9BrO4S/c10-8-4-2-1-3-7(8)5-15(13,14)6-9(11)12/h1-4H,5-6H2,(H,11,12). The molecule has 4 nitrogen and oxygen atoms in total. The van der Waals surface area contributed by atoms with Crippen molar-refractivity contribution < 1.29 is 18.3 Å². The molecule has 15 heavy (non-hydrogen) atoms. The smallest absolute Gasteiger partial charge is 0.318 e. The van der Waals surface area contributed by atoms with E-state index in [1.165, 1.54) is 0 Å². The predicted molar refractivity (Wildman–Crippen MR) is 59.3 cm³/mol. The van der Waals surface area contributed by atoms with E-state index in [1.807, 2.05) is 0 Å². The summed E-state index contributed by atoms with van der Waals surface area (Å²) in [5.41, 5.74) is 0.568. The van der Waals surface area contributed by atoms with Crippen molar-refractivity contribution in [2.24, 2.45) is 0 Å². The molecule has 1 N–H and O–H groups in total. The number of carboxylic acid groups (broad SMARTS) is 1. The quantitative estimate of drug-likeness (QED) is 0.912. The number of aliphatic carboxylic acids is 1. The summed E-state index contributed by atoms with van der Waals surface area (Å²) in [6.07, 6.45) is 0. The summed E-state index contributed by atoms with van der Waals surface area (Å²) in [6, 6.07) is 6.82. The van der Waals surface area contributed by atoms with Crippen LogP contribution in [0.4, 0.5) is 0 Å². The molecular weight excluding hydrogens is 284 g/mol. The van der Waals surface area contributed by atoms with E-state index < -0.39 is 21.6 Å². The van der Waals surface area contributed by atoms with Crippen LogP contribution in [0.25, 0.3) is 0 Å². The van der Waals surface area contributed by atoms with Crippen molar-refractivity contribution in [3.8, 4) is 0 Å². The Morgan fingerprint density at radius 1 is 1.33 bits per heavy atom. The summed E-state index contributed by atoms with van der Waals surface area (Å²) in [6.45, 7) is 0. The first-order chi connectivity index (χ1) is 6.91. The Kier molecular flexibility index (Phi) is 3.87. The van der Waals surface area contributed by atoms with Crippen LogP contribution in [0.3, 0.4) is 0 Å². The van der Waals surface area contributed by atoms with Crippen molar-refractivity contribution in [1.82, 2.24) is 0 Å². The monoisotopic (exact) mass is 292 g/mol. The summed E-state index contributed by atoms with van der Waals surface area (Å²) in [4.78, 5) is 10.3. The lowest BCUT2D eigenvalue weighted by Crippen LogP contribution is -2.17. The van der Waals surface area contributed by atoms with E-state index in [9.17, 15) is 13.2 Å². The molecule has 1 aromatic rings. The van der Waals surface area contributed by atoms with Gasteiger partial charge in [-0.3, -0.25) is 4.79 Å². The molecule has 0 saturated carbocycles. The van der Waals surface area contributed by atoms with Gasteiger partial charge in [0.1, 0.15) is 5.75 Å². The van der Waals surface area contributed by atoms with Crippen molar-refractivity contribution in [3.63, 3.8) is 0 Å². The van der Waals surface area contributed by atoms with E-state index >= 15 is 0 Å². The topological polar surface area (TPSA) is 71.4 Å². The number of carbonyl (C=O) groups is 1. The molecule has 0 aliphatic carbocycles. The van der Waals surface area contributed by atoms with Crippen LogP contribution in [0.2, 0.25) is 0 Å². The first kappa shape index (κ1) is 12.2. The molecule has 0 saturated heterocycles. The minimum atomic E-state index is -3.59. The van der Waals surface area contributed by atoms with E-state index in [-0.39, 0.29) is 5.75 Å². The number of hydrogen-bond acceptors (Lipinski definition) is 3. The van der Waals surface area contributed by atoms with Gasteiger partial charge in [-0.05, 0) is 11.6 Å². The lowest BCUT2D eigenvalue weighted by atomic mass is 10.2. The Labute approximate surface area is 96.0 Å². The van der Waals surface area contributed by atoms with Gasteiger partial charge in [0, 0.05) is 4.47 Å². The minimum Gasteiger partial charge on any atom is -0.480 e. The van der Waals surface area contributed by atoms with Crippen molar-refractivity contribution in [2.45, 2.75) is 5.75 Å². The maximum atomic E-state index is 11.4. The van der Waals surface area contributed by atoms with Gasteiger partial charge in [-0.1, -0.05) is 34.1 Å². The lowest BCUT2D eigenvalue weighted by molar-refractivity contribution is -0.134. The number of sulfone groups is 1. The second-order valence-corrected chi connectivity index (χ2v) is 5.94. The van der Waals surface area contributed by atoms with Crippen LogP contribution in [0, 0.1) is 0 Å². The van der Waals surface area contributed by atoms with Crippen molar-refractivity contribution in [2.75, 3.05) is 5.75 Å². The van der Waals surface area contributed by atoms with Gasteiger partial charge >= 0.3 is 5.97 Å². The molecule has 0 unspecified atom stereocenters. The molecule has 0 radical (unpaired) electrons. The van der Waals surface area contributed by atoms with E-state index in [4.69, 9.17) is 5.11 Å². The van der Waals surface area contributed by atoms with Gasteiger partial charge in [0.15, 0.2) is 9.84 Å². The highest BCUT2D eigenvalue weighted by molar-refractivity contribution is 9.10. The molecule has 82 valence electrons. The number of benzene rings is 1. The van der Waals surface area contributed by atoms with E-state index in [0.717, 1.165) is 0 Å². The largest absolute Gasteiger partial charge is 0.480 e. The number of halogens is 1. The zero-order valence-electron chi connectivity index (χ0n) is 7.68. The Bertz CT molecular complexity index is 467. The molecule has 0 aromatic heterocycles. The van der Waals surface area contributed by atoms with Crippen LogP contribution >= 0.6 is 15.9 Å². The molecule has 0 spiro atoms. The fourth-order valence-corrected chi connectivity index (χ4v) is 2.91. The fraction of sp³-hybridized carbons (Fsp3) is 0.222. The van der Waals surface area contributed by atoms with E-state index in [1.54, 1.807) is 24.3 Å². The van der Waals surface area contributed by atoms with Crippen LogP contribution in [0.15, 0.2) is 28.7 Å². The molecule has 0 fully saturated rings. The fourth-order valence-electron chi connectivity index (χ4n) is 1.09. The van der Waals surface area contributed by atoms with E-state index in [2.05, 4.69) is 15.9 Å². The van der Waals surface area contributed by atoms with Crippen molar-refractivity contribution in [3.05, 3.63) is 34.3 Å². The molecule has 1 rings (SSSR count). The molecule has 0 aliphatic rings. The SMILES string of the molecule is O=C(O)CS(=O)(=O)Cc1ccccc1Br. The van der Waals surface area contributed by atoms with Gasteiger partial charge in [0.25, 0.3) is 0 Å². The minimum absolute atomic E-state index is 0.263. The number of hydrogen-bond donors (Lipinski definition) is 1. The molecule has 1 aromatic carbocycles. The average Bonchev–Trinajstić information content (AvgIpc) is 2.06. The maximum Gasteiger partial charge on any atom is 0.318 e. The highest BCUT2D eigenvalue weighted by atomic mass is 79.9. The summed E-state index contributed by atoms with van der Waals surface area (Å²) < 4.78 is 23.4. The van der Waals surface area contributed by atoms with Gasteiger partial charge < -0.3 is 5.11 Å². The third-order valence-electron chi connectivity index (χ3n) is 1.68. The highest BCUT2D eigenvalue weighted by Crippen LogP contribution is 2.18. The summed E-state index contributed by atoms with van der Waals surface area (Å²) in [5, 5.41) is 8.41. The zero-order valence-corrected chi connectivity index (χ0v) is 10.1. The van der Waals surface area contributed by atoms with Crippen LogP contribution in [-0.2, 0) is 20.4 Å². The maximum absolute atomic E-state index is 11.4. The lowest BCUT2D eigenvalue weighted by Gasteiger charge is -2.03. The van der Waals surface area contributed by atoms with Gasteiger partial charge in [-0.25, -0.2) is 8.42 Å². The first-order valence-corrected chi connectivity index (χ1v) is 6.68. The Hall–Kier alpha value is -0.880. The first-order valence-electron chi connectivity index (χ1n) is 4.06. The summed E-state index contributed by atoms with van der Waals surface area (Å²) >= 11 is 3.20. The second kappa shape index (κ2) is 4.76. The third kappa shape index (κ3) is 4.01. The van der Waals surface area contributed by atoms with Gasteiger partial charge in [0.05, 0.1) is 5.75 Å². The van der Waals surface area contributed by atoms with Crippen molar-refractivity contribution in [1.29, 1.82) is 0 Å². The molecule has 0 aliphatic heterocycles. The number of rotatable bonds is 4. The van der Waals surface area contributed by atoms with Crippen molar-refractivity contribution >= 4 is 31.7 Å². The van der Waals surface area contributed by atoms with Crippen LogP contribution in [-0.4, -0.2) is 25.2 Å². The molecule has 0 bridgehead atoms. The summed E-state index contributed by atoms with van der Waals surface area (Å²) in [5.74, 6) is -2.43. The average molecular weight is 293 g/mol. The normalized spacial score (nSPS) is 11.3. The third-order valence-corrected chi connectivity index (χ3v) is 3.89. The Morgan fingerprint density at radius 3 is 2.47 bits per heavy atom.